The van der Waals surface area contributed by atoms with Crippen molar-refractivity contribution in [2.45, 2.75) is 27.4 Å². The van der Waals surface area contributed by atoms with Crippen LogP contribution in [0.1, 0.15) is 29.2 Å². The second-order valence-electron chi connectivity index (χ2n) is 7.65. The van der Waals surface area contributed by atoms with Crippen molar-refractivity contribution in [3.05, 3.63) is 92.7 Å². The fraction of sp³-hybridized carbons (Fsp3) is 0.185. The van der Waals surface area contributed by atoms with E-state index in [4.69, 9.17) is 9.47 Å². The molecule has 0 bridgehead atoms. The van der Waals surface area contributed by atoms with Gasteiger partial charge >= 0.3 is 0 Å². The van der Waals surface area contributed by atoms with Gasteiger partial charge in [-0.3, -0.25) is 4.79 Å². The molecule has 0 saturated carbocycles. The molecule has 1 amide bonds. The number of nitrogens with one attached hydrogen (secondary N) is 1. The molecule has 0 saturated heterocycles. The van der Waals surface area contributed by atoms with Crippen molar-refractivity contribution in [1.29, 1.82) is 5.26 Å². The number of aryl methyl sites for hydroxylation is 2. The molecule has 0 aliphatic heterocycles. The number of carbonyl (C=O) groups excluding carboxylic acids is 1. The summed E-state index contributed by atoms with van der Waals surface area (Å²) in [6.45, 7) is 6.68. The molecule has 0 aromatic heterocycles. The summed E-state index contributed by atoms with van der Waals surface area (Å²) in [6, 6.07) is 17.3. The standard InChI is InChI=1S/C27H24BrFN2O3/c1-4-33-25-14-19(12-21(15-30)27(32)31-24-8-6-5-7-23(24)29)13-22(28)26(25)34-16-20-10-17(2)9-18(3)11-20/h5-14H,4,16H2,1-3H3,(H,31,32)/b21-12+. The number of nitrogens with zero attached hydrogens (tertiary/aromatic N) is 1. The number of anilines is 1. The van der Waals surface area contributed by atoms with Crippen molar-refractivity contribution < 1.29 is 18.7 Å². The first-order valence-corrected chi connectivity index (χ1v) is 11.4. The van der Waals surface area contributed by atoms with Crippen LogP contribution in [0.5, 0.6) is 11.5 Å². The topological polar surface area (TPSA) is 71.3 Å². The molecule has 0 heterocycles. The lowest BCUT2D eigenvalue weighted by Crippen LogP contribution is -2.14. The minimum Gasteiger partial charge on any atom is -0.490 e. The summed E-state index contributed by atoms with van der Waals surface area (Å²) in [6.07, 6.45) is 1.41. The fourth-order valence-corrected chi connectivity index (χ4v) is 4.02. The summed E-state index contributed by atoms with van der Waals surface area (Å²) in [4.78, 5) is 12.5. The third-order valence-corrected chi connectivity index (χ3v) is 5.38. The lowest BCUT2D eigenvalue weighted by Gasteiger charge is -2.15. The normalized spacial score (nSPS) is 11.0. The van der Waals surface area contributed by atoms with E-state index in [0.717, 1.165) is 16.7 Å². The average Bonchev–Trinajstić information content (AvgIpc) is 2.78. The molecule has 0 spiro atoms. The number of hydrogen-bond acceptors (Lipinski definition) is 4. The summed E-state index contributed by atoms with van der Waals surface area (Å²) < 4.78 is 26.3. The molecule has 1 N–H and O–H groups in total. The quantitative estimate of drug-likeness (QED) is 0.263. The summed E-state index contributed by atoms with van der Waals surface area (Å²) >= 11 is 3.52. The van der Waals surface area contributed by atoms with E-state index >= 15 is 0 Å². The van der Waals surface area contributed by atoms with E-state index in [1.807, 2.05) is 26.8 Å². The molecular weight excluding hydrogens is 499 g/mol. The van der Waals surface area contributed by atoms with Gasteiger partial charge in [0.2, 0.25) is 0 Å². The zero-order valence-corrected chi connectivity index (χ0v) is 20.7. The van der Waals surface area contributed by atoms with Gasteiger partial charge in [-0.1, -0.05) is 41.5 Å². The van der Waals surface area contributed by atoms with Crippen LogP contribution in [-0.4, -0.2) is 12.5 Å². The van der Waals surface area contributed by atoms with Crippen molar-refractivity contribution in [2.75, 3.05) is 11.9 Å². The SMILES string of the molecule is CCOc1cc(/C=C(\C#N)C(=O)Nc2ccccc2F)cc(Br)c1OCc1cc(C)cc(C)c1. The van der Waals surface area contributed by atoms with Crippen LogP contribution in [0.3, 0.4) is 0 Å². The minimum absolute atomic E-state index is 0.0000284. The first-order valence-electron chi connectivity index (χ1n) is 10.6. The predicted octanol–water partition coefficient (Wildman–Crippen LogP) is 6.73. The Labute approximate surface area is 207 Å². The van der Waals surface area contributed by atoms with Crippen molar-refractivity contribution in [3.63, 3.8) is 0 Å². The number of amides is 1. The second-order valence-corrected chi connectivity index (χ2v) is 8.51. The first-order chi connectivity index (χ1) is 16.3. The molecule has 34 heavy (non-hydrogen) atoms. The van der Waals surface area contributed by atoms with E-state index in [1.165, 1.54) is 24.3 Å². The first kappa shape index (κ1) is 25.0. The zero-order chi connectivity index (χ0) is 24.7. The van der Waals surface area contributed by atoms with Gasteiger partial charge in [-0.05, 0) is 78.2 Å². The van der Waals surface area contributed by atoms with Crippen LogP contribution >= 0.6 is 15.9 Å². The van der Waals surface area contributed by atoms with Gasteiger partial charge in [-0.2, -0.15) is 5.26 Å². The third kappa shape index (κ3) is 6.46. The minimum atomic E-state index is -0.711. The lowest BCUT2D eigenvalue weighted by atomic mass is 10.1. The van der Waals surface area contributed by atoms with E-state index < -0.39 is 11.7 Å². The van der Waals surface area contributed by atoms with Crippen LogP contribution in [0.2, 0.25) is 0 Å². The largest absolute Gasteiger partial charge is 0.490 e. The Morgan fingerprint density at radius 1 is 1.12 bits per heavy atom. The monoisotopic (exact) mass is 522 g/mol. The molecule has 3 rings (SSSR count). The van der Waals surface area contributed by atoms with Gasteiger partial charge in [0.25, 0.3) is 5.91 Å². The van der Waals surface area contributed by atoms with Crippen molar-refractivity contribution in [1.82, 2.24) is 0 Å². The molecule has 0 unspecified atom stereocenters. The Morgan fingerprint density at radius 3 is 2.47 bits per heavy atom. The summed E-state index contributed by atoms with van der Waals surface area (Å²) in [5.41, 5.74) is 3.71. The average molecular weight is 523 g/mol. The molecule has 7 heteroatoms. The maximum absolute atomic E-state index is 13.9. The van der Waals surface area contributed by atoms with Crippen LogP contribution in [0, 0.1) is 31.0 Å². The van der Waals surface area contributed by atoms with Gasteiger partial charge < -0.3 is 14.8 Å². The van der Waals surface area contributed by atoms with E-state index in [9.17, 15) is 14.4 Å². The Bertz CT molecular complexity index is 1260. The molecule has 3 aromatic rings. The third-order valence-electron chi connectivity index (χ3n) is 4.79. The molecule has 0 aliphatic rings. The van der Waals surface area contributed by atoms with Crippen molar-refractivity contribution in [3.8, 4) is 17.6 Å². The molecule has 0 radical (unpaired) electrons. The Kier molecular flexibility index (Phi) is 8.44. The fourth-order valence-electron chi connectivity index (χ4n) is 3.45. The van der Waals surface area contributed by atoms with Crippen molar-refractivity contribution >= 4 is 33.6 Å². The number of ether oxygens (including phenoxy) is 2. The summed E-state index contributed by atoms with van der Waals surface area (Å²) in [5.74, 6) is -0.302. The molecule has 0 fully saturated rings. The van der Waals surface area contributed by atoms with Crippen LogP contribution in [0.25, 0.3) is 6.08 Å². The van der Waals surface area contributed by atoms with E-state index in [-0.39, 0.29) is 11.3 Å². The highest BCUT2D eigenvalue weighted by Gasteiger charge is 2.15. The van der Waals surface area contributed by atoms with Gasteiger partial charge in [0.1, 0.15) is 24.1 Å². The van der Waals surface area contributed by atoms with E-state index in [1.54, 1.807) is 18.2 Å². The smallest absolute Gasteiger partial charge is 0.266 e. The highest BCUT2D eigenvalue weighted by molar-refractivity contribution is 9.10. The van der Waals surface area contributed by atoms with Crippen LogP contribution in [0.4, 0.5) is 10.1 Å². The highest BCUT2D eigenvalue weighted by Crippen LogP contribution is 2.38. The Morgan fingerprint density at radius 2 is 1.82 bits per heavy atom. The second kappa shape index (κ2) is 11.5. The highest BCUT2D eigenvalue weighted by atomic mass is 79.9. The van der Waals surface area contributed by atoms with Gasteiger partial charge in [0.15, 0.2) is 11.5 Å². The molecule has 0 aliphatic carbocycles. The van der Waals surface area contributed by atoms with Gasteiger partial charge in [-0.25, -0.2) is 4.39 Å². The number of rotatable bonds is 8. The number of para-hydroxylation sites is 1. The maximum atomic E-state index is 13.9. The molecule has 0 atom stereocenters. The number of hydrogen-bond donors (Lipinski definition) is 1. The summed E-state index contributed by atoms with van der Waals surface area (Å²) in [5, 5.41) is 11.9. The van der Waals surface area contributed by atoms with Crippen LogP contribution < -0.4 is 14.8 Å². The number of nitriles is 1. The van der Waals surface area contributed by atoms with E-state index in [2.05, 4.69) is 39.4 Å². The van der Waals surface area contributed by atoms with Gasteiger partial charge in [0, 0.05) is 0 Å². The molecule has 5 nitrogen and oxygen atoms in total. The Balaban J connectivity index is 1.86. The number of benzene rings is 3. The zero-order valence-electron chi connectivity index (χ0n) is 19.1. The predicted molar refractivity (Wildman–Crippen MR) is 134 cm³/mol. The molecule has 3 aromatic carbocycles. The van der Waals surface area contributed by atoms with Gasteiger partial charge in [0.05, 0.1) is 16.8 Å². The number of carbonyl (C=O) groups is 1. The molecular formula is C27H24BrFN2O3. The van der Waals surface area contributed by atoms with Crippen LogP contribution in [-0.2, 0) is 11.4 Å². The molecule has 174 valence electrons. The van der Waals surface area contributed by atoms with E-state index in [0.29, 0.717) is 34.7 Å². The summed E-state index contributed by atoms with van der Waals surface area (Å²) in [7, 11) is 0. The number of halogens is 2. The maximum Gasteiger partial charge on any atom is 0.266 e. The Hall–Kier alpha value is -3.63. The van der Waals surface area contributed by atoms with Crippen LogP contribution in [0.15, 0.2) is 64.6 Å². The van der Waals surface area contributed by atoms with Crippen molar-refractivity contribution in [2.24, 2.45) is 0 Å². The lowest BCUT2D eigenvalue weighted by molar-refractivity contribution is -0.112. The van der Waals surface area contributed by atoms with Gasteiger partial charge in [-0.15, -0.1) is 0 Å².